The number of para-hydroxylation sites is 2. The summed E-state index contributed by atoms with van der Waals surface area (Å²) in [5.41, 5.74) is 2.70. The van der Waals surface area contributed by atoms with Crippen molar-refractivity contribution in [3.8, 4) is 11.4 Å². The topological polar surface area (TPSA) is 105 Å². The molecule has 0 aliphatic carbocycles. The third kappa shape index (κ3) is 5.58. The summed E-state index contributed by atoms with van der Waals surface area (Å²) in [6, 6.07) is 24.4. The average Bonchev–Trinajstić information content (AvgIpc) is 3.59. The second-order valence-electron chi connectivity index (χ2n) is 10.2. The molecule has 216 valence electrons. The van der Waals surface area contributed by atoms with Gasteiger partial charge in [-0.25, -0.2) is 23.1 Å². The number of anilines is 1. The Hall–Kier alpha value is -4.32. The van der Waals surface area contributed by atoms with Crippen molar-refractivity contribution in [3.63, 3.8) is 0 Å². The lowest BCUT2D eigenvalue weighted by molar-refractivity contribution is 0.141. The summed E-state index contributed by atoms with van der Waals surface area (Å²) >= 11 is 0. The molecule has 1 fully saturated rings. The standard InChI is InChI=1S/C31H33N7O3S/c1-23(30-34-28-10-5-4-9-27(28)31(35-30)32-22-24-8-3-6-11-29(24)41-2)36-18-20-37(21-19-36)42(39,40)26-14-12-25(13-15-26)38-17-7-16-33-38/h3-17,23H,18-22H2,1-2H3,(H,32,34,35)/t23-/m1/s1. The Morgan fingerprint density at radius 1 is 0.905 bits per heavy atom. The Kier molecular flexibility index (Phi) is 7.88. The lowest BCUT2D eigenvalue weighted by Gasteiger charge is -2.36. The number of hydrogen-bond donors (Lipinski definition) is 1. The first-order valence-electron chi connectivity index (χ1n) is 13.9. The van der Waals surface area contributed by atoms with Gasteiger partial charge in [-0.1, -0.05) is 30.3 Å². The molecular weight excluding hydrogens is 550 g/mol. The molecule has 10 nitrogen and oxygen atoms in total. The minimum absolute atomic E-state index is 0.0976. The van der Waals surface area contributed by atoms with Crippen LogP contribution in [0.3, 0.4) is 0 Å². The van der Waals surface area contributed by atoms with Crippen molar-refractivity contribution in [2.45, 2.75) is 24.4 Å². The summed E-state index contributed by atoms with van der Waals surface area (Å²) in [7, 11) is -1.94. The molecule has 1 atom stereocenters. The van der Waals surface area contributed by atoms with Gasteiger partial charge in [0.05, 0.1) is 29.3 Å². The normalized spacial score (nSPS) is 15.5. The fraction of sp³-hybridized carbons (Fsp3) is 0.258. The van der Waals surface area contributed by atoms with Crippen LogP contribution in [0.15, 0.2) is 96.2 Å². The maximum Gasteiger partial charge on any atom is 0.243 e. The maximum atomic E-state index is 13.4. The highest BCUT2D eigenvalue weighted by Gasteiger charge is 2.31. The van der Waals surface area contributed by atoms with E-state index in [1.807, 2.05) is 60.8 Å². The molecule has 6 rings (SSSR count). The lowest BCUT2D eigenvalue weighted by atomic mass is 10.1. The zero-order valence-electron chi connectivity index (χ0n) is 23.6. The van der Waals surface area contributed by atoms with E-state index in [1.165, 1.54) is 0 Å². The van der Waals surface area contributed by atoms with Crippen LogP contribution in [-0.2, 0) is 16.6 Å². The number of nitrogens with one attached hydrogen (secondary N) is 1. The molecule has 42 heavy (non-hydrogen) atoms. The van der Waals surface area contributed by atoms with Crippen LogP contribution in [-0.4, -0.2) is 70.7 Å². The monoisotopic (exact) mass is 583 g/mol. The molecule has 0 unspecified atom stereocenters. The van der Waals surface area contributed by atoms with E-state index < -0.39 is 10.0 Å². The summed E-state index contributed by atoms with van der Waals surface area (Å²) in [6.07, 6.45) is 3.51. The van der Waals surface area contributed by atoms with Crippen LogP contribution in [0.5, 0.6) is 5.75 Å². The largest absolute Gasteiger partial charge is 0.496 e. The Balaban J connectivity index is 1.16. The van der Waals surface area contributed by atoms with Crippen molar-refractivity contribution in [3.05, 3.63) is 103 Å². The quantitative estimate of drug-likeness (QED) is 0.270. The van der Waals surface area contributed by atoms with Gasteiger partial charge in [0.15, 0.2) is 0 Å². The Bertz CT molecular complexity index is 1770. The molecule has 1 N–H and O–H groups in total. The van der Waals surface area contributed by atoms with Crippen LogP contribution in [0.1, 0.15) is 24.4 Å². The van der Waals surface area contributed by atoms with Crippen molar-refractivity contribution < 1.29 is 13.2 Å². The Morgan fingerprint density at radius 2 is 1.64 bits per heavy atom. The van der Waals surface area contributed by atoms with E-state index in [2.05, 4.69) is 22.2 Å². The van der Waals surface area contributed by atoms with Gasteiger partial charge in [-0.05, 0) is 55.5 Å². The van der Waals surface area contributed by atoms with Crippen LogP contribution >= 0.6 is 0 Å². The van der Waals surface area contributed by atoms with E-state index in [1.54, 1.807) is 46.6 Å². The second-order valence-corrected chi connectivity index (χ2v) is 12.1. The van der Waals surface area contributed by atoms with E-state index in [-0.39, 0.29) is 10.9 Å². The molecule has 3 heterocycles. The molecule has 1 aliphatic rings. The fourth-order valence-corrected chi connectivity index (χ4v) is 6.70. The number of benzene rings is 3. The zero-order valence-corrected chi connectivity index (χ0v) is 24.4. The van der Waals surface area contributed by atoms with Crippen molar-refractivity contribution >= 4 is 26.7 Å². The molecule has 3 aromatic carbocycles. The minimum atomic E-state index is -3.61. The predicted molar refractivity (Wildman–Crippen MR) is 162 cm³/mol. The number of fused-ring (bicyclic) bond motifs is 1. The van der Waals surface area contributed by atoms with Crippen molar-refractivity contribution in [1.29, 1.82) is 0 Å². The van der Waals surface area contributed by atoms with E-state index >= 15 is 0 Å². The van der Waals surface area contributed by atoms with Gasteiger partial charge in [-0.15, -0.1) is 0 Å². The summed E-state index contributed by atoms with van der Waals surface area (Å²) in [5, 5.41) is 8.64. The van der Waals surface area contributed by atoms with Crippen LogP contribution in [0, 0.1) is 0 Å². The summed E-state index contributed by atoms with van der Waals surface area (Å²) in [4.78, 5) is 12.4. The number of nitrogens with zero attached hydrogens (tertiary/aromatic N) is 6. The number of rotatable bonds is 9. The van der Waals surface area contributed by atoms with Crippen molar-refractivity contribution in [2.75, 3.05) is 38.6 Å². The maximum absolute atomic E-state index is 13.4. The first-order valence-corrected chi connectivity index (χ1v) is 15.3. The van der Waals surface area contributed by atoms with Gasteiger partial charge in [-0.2, -0.15) is 9.40 Å². The molecule has 0 radical (unpaired) electrons. The minimum Gasteiger partial charge on any atom is -0.496 e. The third-order valence-electron chi connectivity index (χ3n) is 7.70. The van der Waals surface area contributed by atoms with Crippen LogP contribution in [0.4, 0.5) is 5.82 Å². The number of ether oxygens (including phenoxy) is 1. The van der Waals surface area contributed by atoms with Crippen molar-refractivity contribution in [2.24, 2.45) is 0 Å². The number of aromatic nitrogens is 4. The van der Waals surface area contributed by atoms with Crippen LogP contribution in [0.25, 0.3) is 16.6 Å². The van der Waals surface area contributed by atoms with Gasteiger partial charge in [-0.3, -0.25) is 4.90 Å². The highest BCUT2D eigenvalue weighted by atomic mass is 32.2. The van der Waals surface area contributed by atoms with Crippen LogP contribution < -0.4 is 10.1 Å². The smallest absolute Gasteiger partial charge is 0.243 e. The number of hydrogen-bond acceptors (Lipinski definition) is 8. The lowest BCUT2D eigenvalue weighted by Crippen LogP contribution is -2.49. The van der Waals surface area contributed by atoms with Gasteiger partial charge in [0, 0.05) is 56.1 Å². The average molecular weight is 584 g/mol. The number of sulfonamides is 1. The summed E-state index contributed by atoms with van der Waals surface area (Å²) in [5.74, 6) is 2.27. The molecule has 11 heteroatoms. The van der Waals surface area contributed by atoms with E-state index in [9.17, 15) is 8.42 Å². The summed E-state index contributed by atoms with van der Waals surface area (Å²) in [6.45, 7) is 4.56. The first kappa shape index (κ1) is 27.8. The van der Waals surface area contributed by atoms with Gasteiger partial charge in [0.2, 0.25) is 10.0 Å². The molecule has 0 bridgehead atoms. The Morgan fingerprint density at radius 3 is 2.38 bits per heavy atom. The molecule has 1 aliphatic heterocycles. The third-order valence-corrected chi connectivity index (χ3v) is 9.61. The SMILES string of the molecule is COc1ccccc1CNc1nc([C@@H](C)N2CCN(S(=O)(=O)c3ccc(-n4cccn4)cc3)CC2)nc2ccccc12. The Labute approximate surface area is 245 Å². The predicted octanol–water partition coefficient (Wildman–Crippen LogP) is 4.50. The number of piperazine rings is 1. The molecule has 0 saturated carbocycles. The van der Waals surface area contributed by atoms with Crippen molar-refractivity contribution in [1.82, 2.24) is 29.0 Å². The van der Waals surface area contributed by atoms with Gasteiger partial charge >= 0.3 is 0 Å². The highest BCUT2D eigenvalue weighted by molar-refractivity contribution is 7.89. The van der Waals surface area contributed by atoms with E-state index in [0.717, 1.165) is 33.7 Å². The van der Waals surface area contributed by atoms with Crippen LogP contribution in [0.2, 0.25) is 0 Å². The number of methoxy groups -OCH3 is 1. The highest BCUT2D eigenvalue weighted by Crippen LogP contribution is 2.28. The second kappa shape index (κ2) is 11.9. The van der Waals surface area contributed by atoms with Gasteiger partial charge in [0.25, 0.3) is 0 Å². The summed E-state index contributed by atoms with van der Waals surface area (Å²) < 4.78 is 35.6. The molecule has 0 spiro atoms. The van der Waals surface area contributed by atoms with Gasteiger partial charge in [0.1, 0.15) is 17.4 Å². The van der Waals surface area contributed by atoms with E-state index in [4.69, 9.17) is 14.7 Å². The zero-order chi connectivity index (χ0) is 29.1. The molecule has 2 aromatic heterocycles. The molecule has 0 amide bonds. The molecule has 5 aromatic rings. The van der Waals surface area contributed by atoms with E-state index in [0.29, 0.717) is 38.5 Å². The molecular formula is C31H33N7O3S. The van der Waals surface area contributed by atoms with Gasteiger partial charge < -0.3 is 10.1 Å². The fourth-order valence-electron chi connectivity index (χ4n) is 5.28. The molecule has 1 saturated heterocycles. The first-order chi connectivity index (χ1) is 20.4.